The predicted octanol–water partition coefficient (Wildman–Crippen LogP) is 2.73. The summed E-state index contributed by atoms with van der Waals surface area (Å²) >= 11 is 0. The van der Waals surface area contributed by atoms with Crippen LogP contribution in [0.25, 0.3) is 0 Å². The Bertz CT molecular complexity index is 453. The molecular formula is C16H24F2N2O. The van der Waals surface area contributed by atoms with Gasteiger partial charge in [-0.2, -0.15) is 0 Å². The quantitative estimate of drug-likeness (QED) is 0.904. The Hall–Kier alpha value is -1.04. The van der Waals surface area contributed by atoms with Crippen molar-refractivity contribution in [3.8, 4) is 0 Å². The number of benzene rings is 1. The second-order valence-corrected chi connectivity index (χ2v) is 6.15. The van der Waals surface area contributed by atoms with E-state index in [1.807, 2.05) is 0 Å². The van der Waals surface area contributed by atoms with Crippen molar-refractivity contribution < 1.29 is 13.5 Å². The third-order valence-corrected chi connectivity index (χ3v) is 4.14. The fourth-order valence-electron chi connectivity index (χ4n) is 2.71. The molecule has 1 heterocycles. The molecule has 0 saturated carbocycles. The van der Waals surface area contributed by atoms with Gasteiger partial charge in [-0.15, -0.1) is 0 Å². The summed E-state index contributed by atoms with van der Waals surface area (Å²) in [6, 6.07) is 3.61. The number of hydrogen-bond donors (Lipinski definition) is 1. The van der Waals surface area contributed by atoms with Crippen LogP contribution in [0, 0.1) is 11.6 Å². The van der Waals surface area contributed by atoms with Gasteiger partial charge in [-0.05, 0) is 32.9 Å². The van der Waals surface area contributed by atoms with Crippen LogP contribution in [0.1, 0.15) is 32.4 Å². The highest BCUT2D eigenvalue weighted by atomic mass is 19.1. The van der Waals surface area contributed by atoms with Crippen LogP contribution in [0.2, 0.25) is 0 Å². The van der Waals surface area contributed by atoms with Crippen molar-refractivity contribution in [1.29, 1.82) is 0 Å². The SMILES string of the molecule is CC(NCC(C)(C)N1CCOCC1)c1c(F)cccc1F. The van der Waals surface area contributed by atoms with E-state index in [-0.39, 0.29) is 17.1 Å². The Morgan fingerprint density at radius 1 is 1.24 bits per heavy atom. The molecule has 1 fully saturated rings. The molecule has 1 aromatic rings. The molecule has 1 aliphatic heterocycles. The molecule has 1 atom stereocenters. The summed E-state index contributed by atoms with van der Waals surface area (Å²) in [4.78, 5) is 2.34. The van der Waals surface area contributed by atoms with Gasteiger partial charge in [-0.3, -0.25) is 4.90 Å². The number of nitrogens with zero attached hydrogens (tertiary/aromatic N) is 1. The van der Waals surface area contributed by atoms with Crippen molar-refractivity contribution in [2.24, 2.45) is 0 Å². The van der Waals surface area contributed by atoms with Crippen molar-refractivity contribution in [2.45, 2.75) is 32.4 Å². The molecule has 2 rings (SSSR count). The molecule has 1 unspecified atom stereocenters. The predicted molar refractivity (Wildman–Crippen MR) is 79.2 cm³/mol. The molecule has 5 heteroatoms. The molecular weight excluding hydrogens is 274 g/mol. The fraction of sp³-hybridized carbons (Fsp3) is 0.625. The van der Waals surface area contributed by atoms with Crippen molar-refractivity contribution in [3.05, 3.63) is 35.4 Å². The minimum Gasteiger partial charge on any atom is -0.379 e. The topological polar surface area (TPSA) is 24.5 Å². The van der Waals surface area contributed by atoms with E-state index < -0.39 is 11.6 Å². The van der Waals surface area contributed by atoms with Gasteiger partial charge in [0.25, 0.3) is 0 Å². The standard InChI is InChI=1S/C16H24F2N2O/c1-12(15-13(17)5-4-6-14(15)18)19-11-16(2,3)20-7-9-21-10-8-20/h4-6,12,19H,7-11H2,1-3H3. The molecule has 0 amide bonds. The lowest BCUT2D eigenvalue weighted by Gasteiger charge is -2.41. The number of morpholine rings is 1. The molecule has 1 aliphatic rings. The zero-order valence-electron chi connectivity index (χ0n) is 13.0. The maximum atomic E-state index is 13.8. The fourth-order valence-corrected chi connectivity index (χ4v) is 2.71. The lowest BCUT2D eigenvalue weighted by molar-refractivity contribution is -0.0103. The Balaban J connectivity index is 1.98. The van der Waals surface area contributed by atoms with E-state index >= 15 is 0 Å². The molecule has 0 radical (unpaired) electrons. The van der Waals surface area contributed by atoms with Gasteiger partial charge in [-0.25, -0.2) is 8.78 Å². The van der Waals surface area contributed by atoms with Gasteiger partial charge in [-0.1, -0.05) is 6.07 Å². The third kappa shape index (κ3) is 3.99. The maximum absolute atomic E-state index is 13.8. The molecule has 118 valence electrons. The summed E-state index contributed by atoms with van der Waals surface area (Å²) < 4.78 is 32.9. The van der Waals surface area contributed by atoms with E-state index in [0.717, 1.165) is 26.3 Å². The molecule has 0 spiro atoms. The lowest BCUT2D eigenvalue weighted by atomic mass is 10.00. The van der Waals surface area contributed by atoms with Crippen LogP contribution in [-0.4, -0.2) is 43.3 Å². The van der Waals surface area contributed by atoms with Gasteiger partial charge >= 0.3 is 0 Å². The van der Waals surface area contributed by atoms with E-state index in [0.29, 0.717) is 6.54 Å². The average molecular weight is 298 g/mol. The van der Waals surface area contributed by atoms with Crippen molar-refractivity contribution >= 4 is 0 Å². The zero-order chi connectivity index (χ0) is 15.5. The molecule has 0 aromatic heterocycles. The summed E-state index contributed by atoms with van der Waals surface area (Å²) in [5.74, 6) is -1.00. The summed E-state index contributed by atoms with van der Waals surface area (Å²) in [5, 5.41) is 3.26. The molecule has 3 nitrogen and oxygen atoms in total. The molecule has 0 bridgehead atoms. The molecule has 1 N–H and O–H groups in total. The van der Waals surface area contributed by atoms with E-state index in [1.54, 1.807) is 6.92 Å². The lowest BCUT2D eigenvalue weighted by Crippen LogP contribution is -2.54. The van der Waals surface area contributed by atoms with Gasteiger partial charge in [0.05, 0.1) is 13.2 Å². The smallest absolute Gasteiger partial charge is 0.130 e. The number of nitrogens with one attached hydrogen (secondary N) is 1. The van der Waals surface area contributed by atoms with Crippen LogP contribution in [0.5, 0.6) is 0 Å². The average Bonchev–Trinajstić information content (AvgIpc) is 2.46. The monoisotopic (exact) mass is 298 g/mol. The number of rotatable bonds is 5. The van der Waals surface area contributed by atoms with Crippen molar-refractivity contribution in [2.75, 3.05) is 32.8 Å². The molecule has 1 saturated heterocycles. The second-order valence-electron chi connectivity index (χ2n) is 6.15. The highest BCUT2D eigenvalue weighted by Gasteiger charge is 2.29. The van der Waals surface area contributed by atoms with Crippen LogP contribution < -0.4 is 5.32 Å². The van der Waals surface area contributed by atoms with E-state index in [1.165, 1.54) is 18.2 Å². The van der Waals surface area contributed by atoms with Gasteiger partial charge in [0.15, 0.2) is 0 Å². The largest absolute Gasteiger partial charge is 0.379 e. The number of halogens is 2. The van der Waals surface area contributed by atoms with Crippen molar-refractivity contribution in [3.63, 3.8) is 0 Å². The minimum atomic E-state index is -0.501. The Morgan fingerprint density at radius 3 is 2.38 bits per heavy atom. The first-order valence-electron chi connectivity index (χ1n) is 7.42. The summed E-state index contributed by atoms with van der Waals surface area (Å²) in [5.41, 5.74) is 0.0232. The molecule has 21 heavy (non-hydrogen) atoms. The van der Waals surface area contributed by atoms with Crippen LogP contribution >= 0.6 is 0 Å². The first-order valence-corrected chi connectivity index (χ1v) is 7.42. The zero-order valence-corrected chi connectivity index (χ0v) is 13.0. The van der Waals surface area contributed by atoms with Crippen molar-refractivity contribution in [1.82, 2.24) is 10.2 Å². The number of ether oxygens (including phenoxy) is 1. The van der Waals surface area contributed by atoms with E-state index in [2.05, 4.69) is 24.1 Å². The van der Waals surface area contributed by atoms with Crippen LogP contribution in [0.4, 0.5) is 8.78 Å². The first kappa shape index (κ1) is 16.3. The number of hydrogen-bond acceptors (Lipinski definition) is 3. The van der Waals surface area contributed by atoms with Gasteiger partial charge in [0.2, 0.25) is 0 Å². The normalized spacial score (nSPS) is 18.7. The molecule has 1 aromatic carbocycles. The summed E-state index contributed by atoms with van der Waals surface area (Å²) in [6.07, 6.45) is 0. The highest BCUT2D eigenvalue weighted by molar-refractivity contribution is 5.22. The highest BCUT2D eigenvalue weighted by Crippen LogP contribution is 2.22. The van der Waals surface area contributed by atoms with Gasteiger partial charge in [0, 0.05) is 36.8 Å². The third-order valence-electron chi connectivity index (χ3n) is 4.14. The van der Waals surface area contributed by atoms with E-state index in [9.17, 15) is 8.78 Å². The van der Waals surface area contributed by atoms with Gasteiger partial charge < -0.3 is 10.1 Å². The summed E-state index contributed by atoms with van der Waals surface area (Å²) in [7, 11) is 0. The van der Waals surface area contributed by atoms with Crippen LogP contribution in [-0.2, 0) is 4.74 Å². The Kier molecular flexibility index (Phi) is 5.30. The van der Waals surface area contributed by atoms with Gasteiger partial charge in [0.1, 0.15) is 11.6 Å². The van der Waals surface area contributed by atoms with E-state index in [4.69, 9.17) is 4.74 Å². The second kappa shape index (κ2) is 6.81. The maximum Gasteiger partial charge on any atom is 0.130 e. The first-order chi connectivity index (χ1) is 9.92. The minimum absolute atomic E-state index is 0.0836. The van der Waals surface area contributed by atoms with Crippen LogP contribution in [0.3, 0.4) is 0 Å². The Morgan fingerprint density at radius 2 is 1.81 bits per heavy atom. The van der Waals surface area contributed by atoms with Crippen LogP contribution in [0.15, 0.2) is 18.2 Å². The molecule has 0 aliphatic carbocycles. The Labute approximate surface area is 125 Å². The summed E-state index contributed by atoms with van der Waals surface area (Å²) in [6.45, 7) is 9.96.